The van der Waals surface area contributed by atoms with Gasteiger partial charge in [-0.1, -0.05) is 0 Å². The molecule has 0 spiro atoms. The lowest BCUT2D eigenvalue weighted by Gasteiger charge is -2.24. The third-order valence-electron chi connectivity index (χ3n) is 2.28. The van der Waals surface area contributed by atoms with E-state index >= 15 is 0 Å². The van der Waals surface area contributed by atoms with Crippen molar-refractivity contribution >= 4 is 17.3 Å². The van der Waals surface area contributed by atoms with Crippen molar-refractivity contribution in [2.45, 2.75) is 13.0 Å². The van der Waals surface area contributed by atoms with Gasteiger partial charge in [-0.15, -0.1) is 0 Å². The van der Waals surface area contributed by atoms with Crippen molar-refractivity contribution in [1.82, 2.24) is 0 Å². The van der Waals surface area contributed by atoms with Crippen molar-refractivity contribution in [2.24, 2.45) is 0 Å². The lowest BCUT2D eigenvalue weighted by atomic mass is 10.1. The predicted octanol–water partition coefficient (Wildman–Crippen LogP) is 1.45. The summed E-state index contributed by atoms with van der Waals surface area (Å²) >= 11 is 0. The highest BCUT2D eigenvalue weighted by Crippen LogP contribution is 2.31. The molecule has 2 N–H and O–H groups in total. The van der Waals surface area contributed by atoms with Crippen LogP contribution in [0.25, 0.3) is 0 Å². The minimum atomic E-state index is -0.591. The van der Waals surface area contributed by atoms with Crippen LogP contribution < -0.4 is 10.6 Å². The summed E-state index contributed by atoms with van der Waals surface area (Å²) in [5, 5.41) is 14.2. The molecule has 76 valence electrons. The topological polar surface area (TPSA) is 64.9 Å². The molecule has 0 bridgehead atoms. The fourth-order valence-corrected chi connectivity index (χ4v) is 1.46. The van der Waals surface area contributed by atoms with Crippen molar-refractivity contribution < 1.29 is 9.18 Å². The maximum Gasteiger partial charge on any atom is 0.246 e. The molecule has 1 unspecified atom stereocenters. The van der Waals surface area contributed by atoms with Crippen LogP contribution in [-0.4, -0.2) is 11.9 Å². The fourth-order valence-electron chi connectivity index (χ4n) is 1.46. The Morgan fingerprint density at radius 2 is 2.27 bits per heavy atom. The third kappa shape index (κ3) is 1.40. The summed E-state index contributed by atoms with van der Waals surface area (Å²) in [4.78, 5) is 11.3. The molecule has 0 radical (unpaired) electrons. The number of anilines is 2. The molecule has 4 nitrogen and oxygen atoms in total. The molecule has 1 aliphatic rings. The second kappa shape index (κ2) is 3.24. The Bertz CT molecular complexity index is 478. The Balaban J connectivity index is 2.59. The van der Waals surface area contributed by atoms with Gasteiger partial charge in [-0.05, 0) is 19.1 Å². The molecule has 1 atom stereocenters. The molecular weight excluding hydrogens is 197 g/mol. The highest BCUT2D eigenvalue weighted by molar-refractivity contribution is 6.03. The van der Waals surface area contributed by atoms with Crippen LogP contribution in [0.5, 0.6) is 0 Å². The minimum Gasteiger partial charge on any atom is -0.371 e. The molecule has 1 aliphatic heterocycles. The molecule has 0 saturated heterocycles. The average molecular weight is 205 g/mol. The van der Waals surface area contributed by atoms with Crippen LogP contribution in [0.2, 0.25) is 0 Å². The first-order valence-electron chi connectivity index (χ1n) is 4.43. The monoisotopic (exact) mass is 205 g/mol. The molecule has 1 aromatic carbocycles. The number of fused-ring (bicyclic) bond motifs is 1. The largest absolute Gasteiger partial charge is 0.371 e. The van der Waals surface area contributed by atoms with Crippen LogP contribution in [0, 0.1) is 17.1 Å². The molecule has 1 aromatic rings. The normalized spacial score (nSPS) is 18.5. The van der Waals surface area contributed by atoms with E-state index in [9.17, 15) is 9.18 Å². The number of halogens is 1. The van der Waals surface area contributed by atoms with Crippen molar-refractivity contribution in [3.63, 3.8) is 0 Å². The third-order valence-corrected chi connectivity index (χ3v) is 2.28. The molecule has 15 heavy (non-hydrogen) atoms. The predicted molar refractivity (Wildman–Crippen MR) is 52.8 cm³/mol. The molecule has 0 aromatic heterocycles. The molecule has 2 rings (SSSR count). The maximum atomic E-state index is 13.2. The average Bonchev–Trinajstić information content (AvgIpc) is 2.21. The number of nitrogens with zero attached hydrogens (tertiary/aromatic N) is 1. The summed E-state index contributed by atoms with van der Waals surface area (Å²) in [6, 6.07) is 3.90. The first-order chi connectivity index (χ1) is 7.13. The lowest BCUT2D eigenvalue weighted by molar-refractivity contribution is -0.116. The van der Waals surface area contributed by atoms with Gasteiger partial charge in [0, 0.05) is 0 Å². The van der Waals surface area contributed by atoms with E-state index in [0.717, 1.165) is 6.07 Å². The Hall–Kier alpha value is -2.09. The summed E-state index contributed by atoms with van der Waals surface area (Å²) in [6.45, 7) is 1.64. The number of nitriles is 1. The second-order valence-electron chi connectivity index (χ2n) is 3.31. The molecule has 0 aliphatic carbocycles. The van der Waals surface area contributed by atoms with Gasteiger partial charge in [0.05, 0.1) is 11.4 Å². The van der Waals surface area contributed by atoms with E-state index in [1.165, 1.54) is 6.07 Å². The van der Waals surface area contributed by atoms with Crippen LogP contribution in [0.15, 0.2) is 12.1 Å². The van der Waals surface area contributed by atoms with Crippen molar-refractivity contribution in [3.05, 3.63) is 23.5 Å². The molecule has 1 heterocycles. The van der Waals surface area contributed by atoms with Crippen LogP contribution in [0.4, 0.5) is 15.8 Å². The van der Waals surface area contributed by atoms with Gasteiger partial charge >= 0.3 is 0 Å². The molecule has 5 heteroatoms. The van der Waals surface area contributed by atoms with Crippen molar-refractivity contribution in [1.29, 1.82) is 5.26 Å². The van der Waals surface area contributed by atoms with Crippen LogP contribution in [0.1, 0.15) is 12.5 Å². The van der Waals surface area contributed by atoms with Gasteiger partial charge < -0.3 is 10.6 Å². The van der Waals surface area contributed by atoms with Crippen molar-refractivity contribution in [3.8, 4) is 6.07 Å². The first-order valence-corrected chi connectivity index (χ1v) is 4.43. The first kappa shape index (κ1) is 9.46. The van der Waals surface area contributed by atoms with Gasteiger partial charge in [0.25, 0.3) is 0 Å². The zero-order chi connectivity index (χ0) is 11.0. The van der Waals surface area contributed by atoms with Gasteiger partial charge in [0.2, 0.25) is 5.91 Å². The standard InChI is InChI=1S/C10H8FN3O/c1-5-10(15)14-8-3-2-7(11)6(4-12)9(8)13-5/h2-3,5,13H,1H3,(H,14,15). The van der Waals surface area contributed by atoms with Gasteiger partial charge in [0.15, 0.2) is 0 Å². The summed E-state index contributed by atoms with van der Waals surface area (Å²) in [6.07, 6.45) is 0. The van der Waals surface area contributed by atoms with E-state index in [1.807, 2.05) is 0 Å². The van der Waals surface area contributed by atoms with E-state index < -0.39 is 11.9 Å². The number of rotatable bonds is 0. The second-order valence-corrected chi connectivity index (χ2v) is 3.31. The number of hydrogen-bond acceptors (Lipinski definition) is 3. The molecule has 1 amide bonds. The van der Waals surface area contributed by atoms with Crippen molar-refractivity contribution in [2.75, 3.05) is 10.6 Å². The Kier molecular flexibility index (Phi) is 2.05. The van der Waals surface area contributed by atoms with Gasteiger partial charge in [0.1, 0.15) is 23.5 Å². The highest BCUT2D eigenvalue weighted by atomic mass is 19.1. The Morgan fingerprint density at radius 3 is 2.93 bits per heavy atom. The van der Waals surface area contributed by atoms with E-state index in [4.69, 9.17) is 5.26 Å². The SMILES string of the molecule is CC1Nc2c(ccc(F)c2C#N)NC1=O. The number of nitrogens with one attached hydrogen (secondary N) is 2. The number of carbonyl (C=O) groups is 1. The van der Waals surface area contributed by atoms with Crippen LogP contribution >= 0.6 is 0 Å². The summed E-state index contributed by atoms with van der Waals surface area (Å²) < 4.78 is 13.2. The number of amides is 1. The number of carbonyl (C=O) groups excluding carboxylic acids is 1. The van der Waals surface area contributed by atoms with E-state index in [1.54, 1.807) is 13.0 Å². The molecule has 0 fully saturated rings. The molecular formula is C10H8FN3O. The summed E-state index contributed by atoms with van der Waals surface area (Å²) in [5.74, 6) is -0.787. The zero-order valence-corrected chi connectivity index (χ0v) is 7.97. The quantitative estimate of drug-likeness (QED) is 0.673. The zero-order valence-electron chi connectivity index (χ0n) is 7.97. The maximum absolute atomic E-state index is 13.2. The van der Waals surface area contributed by atoms with Gasteiger partial charge in [-0.25, -0.2) is 4.39 Å². The Morgan fingerprint density at radius 1 is 1.53 bits per heavy atom. The van der Waals surface area contributed by atoms with E-state index in [2.05, 4.69) is 10.6 Å². The van der Waals surface area contributed by atoms with Crippen LogP contribution in [0.3, 0.4) is 0 Å². The number of benzene rings is 1. The smallest absolute Gasteiger partial charge is 0.246 e. The van der Waals surface area contributed by atoms with E-state index in [0.29, 0.717) is 11.4 Å². The van der Waals surface area contributed by atoms with Crippen LogP contribution in [-0.2, 0) is 4.79 Å². The number of hydrogen-bond donors (Lipinski definition) is 2. The Labute approximate surface area is 85.7 Å². The summed E-state index contributed by atoms with van der Waals surface area (Å²) in [7, 11) is 0. The fraction of sp³-hybridized carbons (Fsp3) is 0.200. The van der Waals surface area contributed by atoms with Gasteiger partial charge in [-0.2, -0.15) is 5.26 Å². The van der Waals surface area contributed by atoms with Gasteiger partial charge in [-0.3, -0.25) is 4.79 Å². The highest BCUT2D eigenvalue weighted by Gasteiger charge is 2.24. The molecule has 0 saturated carbocycles. The minimum absolute atomic E-state index is 0.0700. The van der Waals surface area contributed by atoms with E-state index in [-0.39, 0.29) is 11.5 Å². The lowest BCUT2D eigenvalue weighted by Crippen LogP contribution is -2.36. The summed E-state index contributed by atoms with van der Waals surface area (Å²) in [5.41, 5.74) is 0.722.